The largest absolute Gasteiger partial charge is 0.387 e. The van der Waals surface area contributed by atoms with Crippen LogP contribution in [0.3, 0.4) is 0 Å². The molecule has 2 N–H and O–H groups in total. The summed E-state index contributed by atoms with van der Waals surface area (Å²) in [5.74, 6) is -8.31. The number of alkyl halides is 4. The minimum atomic E-state index is -4.74. The van der Waals surface area contributed by atoms with Crippen LogP contribution in [0.2, 0.25) is 0 Å². The molecule has 0 aromatic heterocycles. The fourth-order valence-corrected chi connectivity index (χ4v) is 4.72. The fourth-order valence-electron chi connectivity index (χ4n) is 4.72. The third-order valence-corrected chi connectivity index (χ3v) is 6.54. The van der Waals surface area contributed by atoms with Crippen LogP contribution < -0.4 is 0 Å². The molecular weight excluding hydrogens is 360 g/mol. The molecule has 2 aliphatic rings. The first-order chi connectivity index (χ1) is 12.6. The van der Waals surface area contributed by atoms with E-state index in [-0.39, 0.29) is 5.56 Å². The van der Waals surface area contributed by atoms with E-state index in [1.165, 1.54) is 25.0 Å². The highest BCUT2D eigenvalue weighted by Crippen LogP contribution is 2.55. The van der Waals surface area contributed by atoms with Gasteiger partial charge < -0.3 is 10.2 Å². The van der Waals surface area contributed by atoms with E-state index in [2.05, 4.69) is 6.92 Å². The predicted molar refractivity (Wildman–Crippen MR) is 95.1 cm³/mol. The van der Waals surface area contributed by atoms with Crippen molar-refractivity contribution < 1.29 is 27.8 Å². The van der Waals surface area contributed by atoms with E-state index in [0.29, 0.717) is 5.92 Å². The summed E-state index contributed by atoms with van der Waals surface area (Å²) in [4.78, 5) is 0. The van der Waals surface area contributed by atoms with Gasteiger partial charge in [0.2, 0.25) is 0 Å². The van der Waals surface area contributed by atoms with E-state index in [1.807, 2.05) is 0 Å². The Morgan fingerprint density at radius 3 is 2.11 bits per heavy atom. The first-order valence-electron chi connectivity index (χ1n) is 9.90. The summed E-state index contributed by atoms with van der Waals surface area (Å²) in [6, 6.07) is 6.04. The molecule has 2 atom stereocenters. The summed E-state index contributed by atoms with van der Waals surface area (Å²) >= 11 is 0. The molecule has 1 aromatic carbocycles. The van der Waals surface area contributed by atoms with Crippen LogP contribution in [0.1, 0.15) is 75.3 Å². The Labute approximate surface area is 157 Å². The van der Waals surface area contributed by atoms with E-state index in [1.54, 1.807) is 12.1 Å². The molecule has 0 radical (unpaired) electrons. The summed E-state index contributed by atoms with van der Waals surface area (Å²) < 4.78 is 56.5. The van der Waals surface area contributed by atoms with E-state index in [4.69, 9.17) is 0 Å². The van der Waals surface area contributed by atoms with Crippen LogP contribution in [0.15, 0.2) is 24.3 Å². The Kier molecular flexibility index (Phi) is 5.61. The monoisotopic (exact) mass is 388 g/mol. The van der Waals surface area contributed by atoms with Gasteiger partial charge in [0.25, 0.3) is 0 Å². The van der Waals surface area contributed by atoms with Crippen LogP contribution in [-0.2, 0) is 5.60 Å². The molecule has 0 aliphatic heterocycles. The molecule has 152 valence electrons. The smallest absolute Gasteiger partial charge is 0.344 e. The zero-order valence-electron chi connectivity index (χ0n) is 15.6. The molecule has 0 saturated heterocycles. The summed E-state index contributed by atoms with van der Waals surface area (Å²) in [5, 5.41) is 19.8. The molecule has 2 unspecified atom stereocenters. The first-order valence-corrected chi connectivity index (χ1v) is 9.90. The third-order valence-electron chi connectivity index (χ3n) is 6.54. The van der Waals surface area contributed by atoms with E-state index >= 15 is 0 Å². The van der Waals surface area contributed by atoms with Crippen molar-refractivity contribution in [2.45, 2.75) is 87.8 Å². The standard InChI is InChI=1S/C21H28F4O2/c1-2-3-14-4-6-15(7-5-14)16-8-10-17(11-9-16)19(27)13-12-18(26)20(22,23)21(19,24)25/h8-11,14-15,18,26-27H,2-7,12-13H2,1H3. The van der Waals surface area contributed by atoms with Crippen LogP contribution in [-0.4, -0.2) is 28.2 Å². The number of aliphatic hydroxyl groups is 2. The summed E-state index contributed by atoms with van der Waals surface area (Å²) in [7, 11) is 0. The highest BCUT2D eigenvalue weighted by Gasteiger charge is 2.74. The minimum Gasteiger partial charge on any atom is -0.387 e. The van der Waals surface area contributed by atoms with Gasteiger partial charge in [0.1, 0.15) is 6.10 Å². The van der Waals surface area contributed by atoms with Crippen molar-refractivity contribution in [2.75, 3.05) is 0 Å². The molecule has 1 aromatic rings. The second-order valence-corrected chi connectivity index (χ2v) is 8.24. The molecule has 0 bridgehead atoms. The minimum absolute atomic E-state index is 0.220. The van der Waals surface area contributed by atoms with Gasteiger partial charge in [-0.25, -0.2) is 0 Å². The van der Waals surface area contributed by atoms with Crippen molar-refractivity contribution in [3.05, 3.63) is 35.4 Å². The normalized spacial score (nSPS) is 35.7. The average Bonchev–Trinajstić information content (AvgIpc) is 2.65. The summed E-state index contributed by atoms with van der Waals surface area (Å²) in [6.07, 6.45) is 3.12. The molecule has 27 heavy (non-hydrogen) atoms. The van der Waals surface area contributed by atoms with Crippen molar-refractivity contribution in [3.63, 3.8) is 0 Å². The second kappa shape index (κ2) is 7.36. The van der Waals surface area contributed by atoms with E-state index in [0.717, 1.165) is 37.2 Å². The zero-order chi connectivity index (χ0) is 19.9. The Hall–Kier alpha value is -1.14. The third kappa shape index (κ3) is 3.39. The van der Waals surface area contributed by atoms with Gasteiger partial charge >= 0.3 is 11.8 Å². The molecule has 2 fully saturated rings. The highest BCUT2D eigenvalue weighted by atomic mass is 19.3. The Balaban J connectivity index is 1.77. The quantitative estimate of drug-likeness (QED) is 0.681. The predicted octanol–water partition coefficient (Wildman–Crippen LogP) is 5.37. The van der Waals surface area contributed by atoms with Gasteiger partial charge in [-0.3, -0.25) is 0 Å². The molecule has 0 amide bonds. The summed E-state index contributed by atoms with van der Waals surface area (Å²) in [5.41, 5.74) is -2.20. The van der Waals surface area contributed by atoms with Crippen LogP contribution in [0.4, 0.5) is 17.6 Å². The van der Waals surface area contributed by atoms with Gasteiger partial charge in [0, 0.05) is 0 Å². The summed E-state index contributed by atoms with van der Waals surface area (Å²) in [6.45, 7) is 2.18. The van der Waals surface area contributed by atoms with Gasteiger partial charge in [-0.1, -0.05) is 44.0 Å². The molecular formula is C21H28F4O2. The SMILES string of the molecule is CCCC1CCC(c2ccc(C3(O)CCC(O)C(F)(F)C3(F)F)cc2)CC1. The number of rotatable bonds is 4. The number of aliphatic hydroxyl groups excluding tert-OH is 1. The molecule has 6 heteroatoms. The zero-order valence-corrected chi connectivity index (χ0v) is 15.6. The molecule has 0 spiro atoms. The number of hydrogen-bond donors (Lipinski definition) is 2. The van der Waals surface area contributed by atoms with Gasteiger partial charge in [0.15, 0.2) is 5.60 Å². The van der Waals surface area contributed by atoms with Gasteiger partial charge in [-0.2, -0.15) is 17.6 Å². The highest BCUT2D eigenvalue weighted by molar-refractivity contribution is 5.33. The number of hydrogen-bond acceptors (Lipinski definition) is 2. The topological polar surface area (TPSA) is 40.5 Å². The van der Waals surface area contributed by atoms with Gasteiger partial charge in [0.05, 0.1) is 0 Å². The van der Waals surface area contributed by atoms with Crippen LogP contribution >= 0.6 is 0 Å². The number of benzene rings is 1. The lowest BCUT2D eigenvalue weighted by atomic mass is 9.72. The van der Waals surface area contributed by atoms with Crippen molar-refractivity contribution >= 4 is 0 Å². The molecule has 3 rings (SSSR count). The van der Waals surface area contributed by atoms with Crippen LogP contribution in [0.25, 0.3) is 0 Å². The first kappa shape index (κ1) is 20.6. The fraction of sp³-hybridized carbons (Fsp3) is 0.714. The molecule has 2 saturated carbocycles. The number of halogens is 4. The molecule has 0 heterocycles. The Bertz CT molecular complexity index is 638. The van der Waals surface area contributed by atoms with Crippen LogP contribution in [0, 0.1) is 5.92 Å². The lowest BCUT2D eigenvalue weighted by molar-refractivity contribution is -0.345. The maximum absolute atomic E-state index is 14.4. The van der Waals surface area contributed by atoms with Crippen molar-refractivity contribution in [1.82, 2.24) is 0 Å². The lowest BCUT2D eigenvalue weighted by Crippen LogP contribution is -2.64. The average molecular weight is 388 g/mol. The Morgan fingerprint density at radius 2 is 1.56 bits per heavy atom. The van der Waals surface area contributed by atoms with Crippen molar-refractivity contribution in [3.8, 4) is 0 Å². The van der Waals surface area contributed by atoms with Gasteiger partial charge in [-0.05, 0) is 61.5 Å². The van der Waals surface area contributed by atoms with Crippen molar-refractivity contribution in [2.24, 2.45) is 5.92 Å². The molecule has 2 nitrogen and oxygen atoms in total. The van der Waals surface area contributed by atoms with Crippen LogP contribution in [0.5, 0.6) is 0 Å². The van der Waals surface area contributed by atoms with E-state index in [9.17, 15) is 27.8 Å². The maximum Gasteiger partial charge on any atom is 0.344 e. The lowest BCUT2D eigenvalue weighted by Gasteiger charge is -2.46. The molecule has 2 aliphatic carbocycles. The second-order valence-electron chi connectivity index (χ2n) is 8.24. The Morgan fingerprint density at radius 1 is 0.963 bits per heavy atom. The van der Waals surface area contributed by atoms with E-state index < -0.39 is 36.4 Å². The van der Waals surface area contributed by atoms with Gasteiger partial charge in [-0.15, -0.1) is 0 Å². The maximum atomic E-state index is 14.4. The van der Waals surface area contributed by atoms with Crippen molar-refractivity contribution in [1.29, 1.82) is 0 Å².